The van der Waals surface area contributed by atoms with E-state index in [1.165, 1.54) is 0 Å². The van der Waals surface area contributed by atoms with E-state index in [2.05, 4.69) is 5.32 Å². The first-order valence-corrected chi connectivity index (χ1v) is 6.01. The van der Waals surface area contributed by atoms with Crippen LogP contribution in [0.25, 0.3) is 0 Å². The molecule has 0 spiro atoms. The second kappa shape index (κ2) is 6.02. The molecule has 0 heterocycles. The highest BCUT2D eigenvalue weighted by atomic mass is 19.4. The molecule has 0 aromatic rings. The third-order valence-electron chi connectivity index (χ3n) is 3.20. The van der Waals surface area contributed by atoms with Gasteiger partial charge in [-0.05, 0) is 12.8 Å². The van der Waals surface area contributed by atoms with Crippen LogP contribution in [0, 0.1) is 0 Å². The molecule has 0 aromatic heterocycles. The summed E-state index contributed by atoms with van der Waals surface area (Å²) in [6.45, 7) is -0.452. The smallest absolute Gasteiger partial charge is 0.389 e. The molecule has 0 radical (unpaired) electrons. The largest absolute Gasteiger partial charge is 0.415 e. The Kier molecular flexibility index (Phi) is 5.22. The molecule has 1 saturated carbocycles. The minimum Gasteiger partial charge on any atom is -0.389 e. The van der Waals surface area contributed by atoms with Crippen molar-refractivity contribution in [2.24, 2.45) is 0 Å². The highest BCUT2D eigenvalue weighted by Crippen LogP contribution is 2.26. The molecule has 6 heteroatoms. The topological polar surface area (TPSA) is 52.5 Å². The van der Waals surface area contributed by atoms with Crippen molar-refractivity contribution in [2.75, 3.05) is 13.1 Å². The molecule has 17 heavy (non-hydrogen) atoms. The predicted molar refractivity (Wildman–Crippen MR) is 57.6 cm³/mol. The van der Waals surface area contributed by atoms with Crippen molar-refractivity contribution in [3.05, 3.63) is 0 Å². The molecule has 1 atom stereocenters. The molecule has 1 unspecified atom stereocenters. The van der Waals surface area contributed by atoms with Gasteiger partial charge in [-0.2, -0.15) is 13.2 Å². The molecule has 3 N–H and O–H groups in total. The Labute approximate surface area is 99.0 Å². The molecule has 102 valence electrons. The van der Waals surface area contributed by atoms with Crippen LogP contribution in [-0.4, -0.2) is 41.2 Å². The van der Waals surface area contributed by atoms with E-state index in [4.69, 9.17) is 5.11 Å². The van der Waals surface area contributed by atoms with Gasteiger partial charge in [-0.25, -0.2) is 0 Å². The van der Waals surface area contributed by atoms with Crippen molar-refractivity contribution < 1.29 is 23.4 Å². The summed E-state index contributed by atoms with van der Waals surface area (Å²) in [7, 11) is 0. The lowest BCUT2D eigenvalue weighted by Crippen LogP contribution is -2.45. The summed E-state index contributed by atoms with van der Waals surface area (Å²) in [5, 5.41) is 21.4. The Morgan fingerprint density at radius 2 is 1.65 bits per heavy atom. The summed E-state index contributed by atoms with van der Waals surface area (Å²) in [6, 6.07) is 0. The average molecular weight is 255 g/mol. The van der Waals surface area contributed by atoms with Crippen LogP contribution in [-0.2, 0) is 0 Å². The fraction of sp³-hybridized carbons (Fsp3) is 1.00. The summed E-state index contributed by atoms with van der Waals surface area (Å²) in [6.07, 6.45) is -1.80. The summed E-state index contributed by atoms with van der Waals surface area (Å²) < 4.78 is 36.1. The second-order valence-electron chi connectivity index (χ2n) is 4.83. The zero-order chi connectivity index (χ0) is 12.9. The second-order valence-corrected chi connectivity index (χ2v) is 4.83. The van der Waals surface area contributed by atoms with Gasteiger partial charge < -0.3 is 15.5 Å². The number of rotatable bonds is 4. The molecule has 1 fully saturated rings. The van der Waals surface area contributed by atoms with Gasteiger partial charge in [0.05, 0.1) is 5.60 Å². The lowest BCUT2D eigenvalue weighted by atomic mass is 9.94. The maximum atomic E-state index is 12.0. The summed E-state index contributed by atoms with van der Waals surface area (Å²) in [5.41, 5.74) is -0.915. The molecule has 0 aromatic carbocycles. The maximum Gasteiger partial charge on any atom is 0.415 e. The first kappa shape index (κ1) is 14.7. The van der Waals surface area contributed by atoms with Crippen LogP contribution in [0.2, 0.25) is 0 Å². The number of alkyl halides is 3. The van der Waals surface area contributed by atoms with E-state index < -0.39 is 24.4 Å². The number of nitrogens with one attached hydrogen (secondary N) is 1. The summed E-state index contributed by atoms with van der Waals surface area (Å²) in [4.78, 5) is 0. The van der Waals surface area contributed by atoms with Gasteiger partial charge in [0.2, 0.25) is 0 Å². The third kappa shape index (κ3) is 5.23. The highest BCUT2D eigenvalue weighted by molar-refractivity contribution is 4.84. The van der Waals surface area contributed by atoms with Gasteiger partial charge in [-0.15, -0.1) is 0 Å². The van der Waals surface area contributed by atoms with Crippen LogP contribution in [0.5, 0.6) is 0 Å². The van der Waals surface area contributed by atoms with Crippen molar-refractivity contribution in [1.29, 1.82) is 0 Å². The van der Waals surface area contributed by atoms with Gasteiger partial charge in [-0.1, -0.05) is 25.7 Å². The zero-order valence-corrected chi connectivity index (χ0v) is 9.76. The predicted octanol–water partition coefficient (Wildman–Crippen LogP) is 1.58. The Hall–Kier alpha value is -0.330. The molecule has 0 bridgehead atoms. The van der Waals surface area contributed by atoms with Crippen molar-refractivity contribution >= 4 is 0 Å². The molecule has 0 saturated heterocycles. The Bertz CT molecular complexity index is 225. The Balaban J connectivity index is 2.29. The molecule has 0 aliphatic heterocycles. The first-order chi connectivity index (χ1) is 7.83. The van der Waals surface area contributed by atoms with Crippen molar-refractivity contribution in [3.8, 4) is 0 Å². The van der Waals surface area contributed by atoms with Crippen molar-refractivity contribution in [1.82, 2.24) is 5.32 Å². The lowest BCUT2D eigenvalue weighted by molar-refractivity contribution is -0.202. The number of aliphatic hydroxyl groups excluding tert-OH is 1. The van der Waals surface area contributed by atoms with Crippen LogP contribution < -0.4 is 5.32 Å². The van der Waals surface area contributed by atoms with Crippen LogP contribution in [0.3, 0.4) is 0 Å². The van der Waals surface area contributed by atoms with Crippen LogP contribution in [0.1, 0.15) is 38.5 Å². The third-order valence-corrected chi connectivity index (χ3v) is 3.20. The maximum absolute atomic E-state index is 12.0. The summed E-state index contributed by atoms with van der Waals surface area (Å²) >= 11 is 0. The fourth-order valence-corrected chi connectivity index (χ4v) is 2.12. The van der Waals surface area contributed by atoms with Gasteiger partial charge in [-0.3, -0.25) is 0 Å². The summed E-state index contributed by atoms with van der Waals surface area (Å²) in [5.74, 6) is 0. The normalized spacial score (nSPS) is 23.1. The molecule has 0 amide bonds. The van der Waals surface area contributed by atoms with Crippen LogP contribution in [0.15, 0.2) is 0 Å². The SMILES string of the molecule is OC(CNCC1(O)CCCCCC1)C(F)(F)F. The van der Waals surface area contributed by atoms with Crippen molar-refractivity contribution in [3.63, 3.8) is 0 Å². The quantitative estimate of drug-likeness (QED) is 0.669. The molecule has 3 nitrogen and oxygen atoms in total. The first-order valence-electron chi connectivity index (χ1n) is 6.01. The van der Waals surface area contributed by atoms with E-state index in [0.717, 1.165) is 25.7 Å². The standard InChI is InChI=1S/C11H20F3NO2/c12-11(13,14)9(16)7-15-8-10(17)5-3-1-2-4-6-10/h9,15-17H,1-8H2. The molecule has 1 rings (SSSR count). The minimum atomic E-state index is -4.60. The van der Waals surface area contributed by atoms with E-state index in [0.29, 0.717) is 12.8 Å². The van der Waals surface area contributed by atoms with Gasteiger partial charge in [0, 0.05) is 13.1 Å². The van der Waals surface area contributed by atoms with E-state index in [1.807, 2.05) is 0 Å². The van der Waals surface area contributed by atoms with Gasteiger partial charge in [0.15, 0.2) is 6.10 Å². The van der Waals surface area contributed by atoms with Gasteiger partial charge in [0.25, 0.3) is 0 Å². The molecule has 1 aliphatic rings. The number of aliphatic hydroxyl groups is 2. The number of halogens is 3. The van der Waals surface area contributed by atoms with E-state index in [9.17, 15) is 18.3 Å². The molecule has 1 aliphatic carbocycles. The number of hydrogen-bond donors (Lipinski definition) is 3. The van der Waals surface area contributed by atoms with E-state index in [-0.39, 0.29) is 6.54 Å². The van der Waals surface area contributed by atoms with E-state index in [1.54, 1.807) is 0 Å². The van der Waals surface area contributed by atoms with Crippen molar-refractivity contribution in [2.45, 2.75) is 56.4 Å². The lowest BCUT2D eigenvalue weighted by Gasteiger charge is -2.27. The van der Waals surface area contributed by atoms with Crippen LogP contribution >= 0.6 is 0 Å². The zero-order valence-electron chi connectivity index (χ0n) is 9.76. The Morgan fingerprint density at radius 1 is 1.12 bits per heavy atom. The fourth-order valence-electron chi connectivity index (χ4n) is 2.12. The minimum absolute atomic E-state index is 0.111. The number of hydrogen-bond acceptors (Lipinski definition) is 3. The molecular weight excluding hydrogens is 235 g/mol. The van der Waals surface area contributed by atoms with Crippen LogP contribution in [0.4, 0.5) is 13.2 Å². The van der Waals surface area contributed by atoms with Gasteiger partial charge in [0.1, 0.15) is 0 Å². The van der Waals surface area contributed by atoms with E-state index >= 15 is 0 Å². The highest BCUT2D eigenvalue weighted by Gasteiger charge is 2.38. The monoisotopic (exact) mass is 255 g/mol. The van der Waals surface area contributed by atoms with Gasteiger partial charge >= 0.3 is 6.18 Å². The Morgan fingerprint density at radius 3 is 2.12 bits per heavy atom. The molecular formula is C11H20F3NO2. The average Bonchev–Trinajstić information content (AvgIpc) is 2.42.